The van der Waals surface area contributed by atoms with Gasteiger partial charge in [-0.2, -0.15) is 0 Å². The van der Waals surface area contributed by atoms with Crippen LogP contribution in [0.15, 0.2) is 0 Å². The van der Waals surface area contributed by atoms with E-state index in [2.05, 4.69) is 41.5 Å². The first-order valence-electron chi connectivity index (χ1n) is 23.8. The Morgan fingerprint density at radius 2 is 0.333 bits per heavy atom. The summed E-state index contributed by atoms with van der Waals surface area (Å²) in [7, 11) is 0. The van der Waals surface area contributed by atoms with E-state index in [0.29, 0.717) is 38.5 Å². The molecule has 0 saturated heterocycles. The fourth-order valence-corrected chi connectivity index (χ4v) is 5.92. The average Bonchev–Trinajstić information content (AvgIpc) is 3.18. The molecule has 0 unspecified atom stereocenters. The topological polar surface area (TPSA) is 130 Å². The van der Waals surface area contributed by atoms with Gasteiger partial charge in [-0.05, 0) is 38.5 Å². The van der Waals surface area contributed by atoms with E-state index in [1.54, 1.807) is 0 Å². The van der Waals surface area contributed by atoms with Gasteiger partial charge in [-0.25, -0.2) is 0 Å². The summed E-state index contributed by atoms with van der Waals surface area (Å²) in [6.07, 6.45) is 35.0. The molecule has 0 aromatic carbocycles. The summed E-state index contributed by atoms with van der Waals surface area (Å²) in [5.74, 6) is -2.11. The number of rotatable bonds is 36. The van der Waals surface area contributed by atoms with Gasteiger partial charge in [0, 0.05) is 38.5 Å². The van der Waals surface area contributed by atoms with Crippen molar-refractivity contribution < 1.29 is 43.0 Å². The van der Waals surface area contributed by atoms with Gasteiger partial charge in [0.1, 0.15) is 0 Å². The van der Waals surface area contributed by atoms with Gasteiger partial charge in [-0.3, -0.25) is 28.8 Å². The number of carbonyl (C=O) groups excluding carboxylic acids is 6. The van der Waals surface area contributed by atoms with Crippen LogP contribution in [-0.4, -0.2) is 35.8 Å². The summed E-state index contributed by atoms with van der Waals surface area (Å²) in [5, 5.41) is 0. The minimum absolute atomic E-state index is 0.352. The fourth-order valence-electron chi connectivity index (χ4n) is 5.92. The molecule has 0 heterocycles. The van der Waals surface area contributed by atoms with Crippen molar-refractivity contribution in [3.8, 4) is 0 Å². The molecule has 0 bridgehead atoms. The SMILES string of the molecule is CCCCCCCC(=O)OC(=O)CCCCCCC.CCCCCCCC(=O)OC(=O)CCCCCCC.CCCCCCCC(=O)OC(=O)CCCCCCC. The minimum atomic E-state index is -0.352. The Bertz CT molecular complexity index is 755. The zero-order chi connectivity index (χ0) is 43.0. The highest BCUT2D eigenvalue weighted by atomic mass is 16.6. The van der Waals surface area contributed by atoms with Gasteiger partial charge in [0.25, 0.3) is 0 Å². The largest absolute Gasteiger partial charge is 0.393 e. The number of hydrogen-bond donors (Lipinski definition) is 0. The predicted molar refractivity (Wildman–Crippen MR) is 234 cm³/mol. The Labute approximate surface area is 350 Å². The lowest BCUT2D eigenvalue weighted by Crippen LogP contribution is -2.11. The number of esters is 6. The second kappa shape index (κ2) is 49.6. The molecule has 0 aromatic heterocycles. The maximum atomic E-state index is 11.4. The van der Waals surface area contributed by atoms with Gasteiger partial charge >= 0.3 is 35.8 Å². The molecule has 0 saturated carbocycles. The van der Waals surface area contributed by atoms with E-state index in [9.17, 15) is 28.8 Å². The molecule has 0 radical (unpaired) electrons. The second-order valence-electron chi connectivity index (χ2n) is 15.5. The van der Waals surface area contributed by atoms with E-state index >= 15 is 0 Å². The van der Waals surface area contributed by atoms with Crippen molar-refractivity contribution in [3.63, 3.8) is 0 Å². The predicted octanol–water partition coefficient (Wildman–Crippen LogP) is 14.3. The zero-order valence-electron chi connectivity index (χ0n) is 38.1. The van der Waals surface area contributed by atoms with Gasteiger partial charge in [0.15, 0.2) is 0 Å². The van der Waals surface area contributed by atoms with Gasteiger partial charge < -0.3 is 14.2 Å². The quantitative estimate of drug-likeness (QED) is 0.0263. The lowest BCUT2D eigenvalue weighted by molar-refractivity contribution is -0.161. The van der Waals surface area contributed by atoms with Gasteiger partial charge in [0.2, 0.25) is 0 Å². The summed E-state index contributed by atoms with van der Waals surface area (Å²) in [4.78, 5) is 68.3. The van der Waals surface area contributed by atoms with Gasteiger partial charge in [-0.1, -0.05) is 196 Å². The zero-order valence-corrected chi connectivity index (χ0v) is 38.1. The van der Waals surface area contributed by atoms with Crippen LogP contribution >= 0.6 is 0 Å². The van der Waals surface area contributed by atoms with Crippen molar-refractivity contribution in [2.75, 3.05) is 0 Å². The van der Waals surface area contributed by atoms with Crippen LogP contribution in [-0.2, 0) is 43.0 Å². The monoisotopic (exact) mass is 811 g/mol. The third-order valence-corrected chi connectivity index (χ3v) is 9.59. The van der Waals surface area contributed by atoms with E-state index < -0.39 is 0 Å². The maximum absolute atomic E-state index is 11.4. The maximum Gasteiger partial charge on any atom is 0.313 e. The minimum Gasteiger partial charge on any atom is -0.393 e. The van der Waals surface area contributed by atoms with Crippen molar-refractivity contribution in [2.45, 2.75) is 273 Å². The molecule has 0 atom stereocenters. The molecule has 0 aliphatic rings. The standard InChI is InChI=1S/3C16H30O3/c3*1-3-5-7-9-11-13-15(17)19-16(18)14-12-10-8-6-4-2/h3*3-14H2,1-2H3. The Morgan fingerprint density at radius 3 is 0.456 bits per heavy atom. The van der Waals surface area contributed by atoms with E-state index in [1.807, 2.05) is 0 Å². The first-order valence-corrected chi connectivity index (χ1v) is 23.8. The normalized spacial score (nSPS) is 10.4. The third-order valence-electron chi connectivity index (χ3n) is 9.59. The molecular weight excluding hydrogens is 721 g/mol. The first kappa shape index (κ1) is 58.7. The highest BCUT2D eigenvalue weighted by molar-refractivity contribution is 5.86. The number of unbranched alkanes of at least 4 members (excludes halogenated alkanes) is 24. The van der Waals surface area contributed by atoms with E-state index in [4.69, 9.17) is 14.2 Å². The Hall–Kier alpha value is -2.58. The molecule has 0 rings (SSSR count). The highest BCUT2D eigenvalue weighted by Gasteiger charge is 2.12. The van der Waals surface area contributed by atoms with E-state index in [0.717, 1.165) is 116 Å². The molecule has 57 heavy (non-hydrogen) atoms. The molecule has 0 aliphatic carbocycles. The van der Waals surface area contributed by atoms with Crippen molar-refractivity contribution in [3.05, 3.63) is 0 Å². The number of ether oxygens (including phenoxy) is 3. The summed E-state index contributed by atoms with van der Waals surface area (Å²) < 4.78 is 14.4. The van der Waals surface area contributed by atoms with E-state index in [-0.39, 0.29) is 35.8 Å². The molecule has 0 fully saturated rings. The van der Waals surface area contributed by atoms with Crippen LogP contribution in [0.1, 0.15) is 273 Å². The molecule has 9 heteroatoms. The summed E-state index contributed by atoms with van der Waals surface area (Å²) in [6.45, 7) is 13.0. The van der Waals surface area contributed by atoms with Crippen molar-refractivity contribution in [1.29, 1.82) is 0 Å². The molecule has 0 aromatic rings. The van der Waals surface area contributed by atoms with Gasteiger partial charge in [0.05, 0.1) is 0 Å². The average molecular weight is 811 g/mol. The van der Waals surface area contributed by atoms with Crippen LogP contribution in [0.4, 0.5) is 0 Å². The second-order valence-corrected chi connectivity index (χ2v) is 15.5. The van der Waals surface area contributed by atoms with Crippen LogP contribution in [0.25, 0.3) is 0 Å². The number of hydrogen-bond acceptors (Lipinski definition) is 9. The summed E-state index contributed by atoms with van der Waals surface area (Å²) in [5.41, 5.74) is 0. The molecular formula is C48H90O9. The molecule has 0 aliphatic heterocycles. The van der Waals surface area contributed by atoms with E-state index in [1.165, 1.54) is 77.0 Å². The molecule has 0 N–H and O–H groups in total. The molecule has 336 valence electrons. The van der Waals surface area contributed by atoms with Crippen LogP contribution < -0.4 is 0 Å². The summed E-state index contributed by atoms with van der Waals surface area (Å²) >= 11 is 0. The lowest BCUT2D eigenvalue weighted by Gasteiger charge is -2.03. The van der Waals surface area contributed by atoms with Crippen molar-refractivity contribution in [1.82, 2.24) is 0 Å². The lowest BCUT2D eigenvalue weighted by atomic mass is 10.1. The summed E-state index contributed by atoms with van der Waals surface area (Å²) in [6, 6.07) is 0. The molecule has 0 spiro atoms. The van der Waals surface area contributed by atoms with Crippen LogP contribution in [0, 0.1) is 0 Å². The molecule has 0 amide bonds. The molecule has 9 nitrogen and oxygen atoms in total. The third kappa shape index (κ3) is 53.4. The van der Waals surface area contributed by atoms with Crippen molar-refractivity contribution in [2.24, 2.45) is 0 Å². The Balaban J connectivity index is -0.000000767. The van der Waals surface area contributed by atoms with Crippen LogP contribution in [0.5, 0.6) is 0 Å². The van der Waals surface area contributed by atoms with Crippen LogP contribution in [0.3, 0.4) is 0 Å². The Kier molecular flexibility index (Phi) is 51.1. The fraction of sp³-hybridized carbons (Fsp3) is 0.875. The first-order chi connectivity index (χ1) is 27.6. The number of carbonyl (C=O) groups is 6. The highest BCUT2D eigenvalue weighted by Crippen LogP contribution is 2.11. The Morgan fingerprint density at radius 1 is 0.211 bits per heavy atom. The van der Waals surface area contributed by atoms with Crippen molar-refractivity contribution >= 4 is 35.8 Å². The van der Waals surface area contributed by atoms with Gasteiger partial charge in [-0.15, -0.1) is 0 Å². The van der Waals surface area contributed by atoms with Crippen LogP contribution in [0.2, 0.25) is 0 Å². The smallest absolute Gasteiger partial charge is 0.313 e.